The number of hydrogen-bond acceptors (Lipinski definition) is 4. The third-order valence-corrected chi connectivity index (χ3v) is 3.05. The molecule has 2 amide bonds. The fraction of sp³-hybridized carbons (Fsp3) is 0.111. The van der Waals surface area contributed by atoms with Gasteiger partial charge in [0.2, 0.25) is 0 Å². The smallest absolute Gasteiger partial charge is 0.294 e. The van der Waals surface area contributed by atoms with E-state index in [1.807, 2.05) is 0 Å². The van der Waals surface area contributed by atoms with Gasteiger partial charge < -0.3 is 5.73 Å². The van der Waals surface area contributed by atoms with Crippen LogP contribution in [-0.4, -0.2) is 16.5 Å². The summed E-state index contributed by atoms with van der Waals surface area (Å²) < 4.78 is 0. The van der Waals surface area contributed by atoms with E-state index in [1.165, 1.54) is 0 Å². The van der Waals surface area contributed by atoms with Gasteiger partial charge in [0.05, 0.1) is 5.69 Å². The van der Waals surface area contributed by atoms with Gasteiger partial charge in [-0.05, 0) is 36.0 Å². The second-order valence-electron chi connectivity index (χ2n) is 2.95. The molecule has 1 fully saturated rings. The molecule has 6 heteroatoms. The normalized spacial score (nSPS) is 21.2. The van der Waals surface area contributed by atoms with Crippen molar-refractivity contribution < 1.29 is 9.59 Å². The van der Waals surface area contributed by atoms with Crippen LogP contribution in [0.25, 0.3) is 0 Å². The first-order valence-corrected chi connectivity index (χ1v) is 5.41. The Bertz CT molecular complexity index is 421. The number of carbonyl (C=O) groups is 2. The van der Waals surface area contributed by atoms with Crippen molar-refractivity contribution in [3.63, 3.8) is 0 Å². The van der Waals surface area contributed by atoms with Crippen LogP contribution in [0.15, 0.2) is 24.3 Å². The molecule has 0 saturated carbocycles. The molecular weight excluding hydrogens is 236 g/mol. The summed E-state index contributed by atoms with van der Waals surface area (Å²) in [6.45, 7) is 0. The zero-order valence-corrected chi connectivity index (χ0v) is 9.09. The Labute approximate surface area is 95.4 Å². The molecule has 0 aliphatic carbocycles. The number of thioether (sulfide) groups is 1. The first-order valence-electron chi connectivity index (χ1n) is 4.15. The van der Waals surface area contributed by atoms with Crippen LogP contribution in [0.1, 0.15) is 0 Å². The predicted octanol–water partition coefficient (Wildman–Crippen LogP) is 1.82. The number of anilines is 1. The molecule has 2 rings (SSSR count). The number of carbonyl (C=O) groups excluding carboxylic acids is 2. The van der Waals surface area contributed by atoms with E-state index in [4.69, 9.17) is 17.3 Å². The van der Waals surface area contributed by atoms with Crippen molar-refractivity contribution in [2.75, 3.05) is 4.90 Å². The molecule has 4 nitrogen and oxygen atoms in total. The Kier molecular flexibility index (Phi) is 2.68. The third-order valence-electron chi connectivity index (χ3n) is 1.96. The minimum Gasteiger partial charge on any atom is -0.311 e. The van der Waals surface area contributed by atoms with Crippen LogP contribution in [0.4, 0.5) is 10.5 Å². The van der Waals surface area contributed by atoms with Crippen LogP contribution in [0.2, 0.25) is 5.02 Å². The molecule has 1 atom stereocenters. The summed E-state index contributed by atoms with van der Waals surface area (Å²) in [4.78, 5) is 24.0. The van der Waals surface area contributed by atoms with Crippen LogP contribution in [0.5, 0.6) is 0 Å². The minimum atomic E-state index is -0.798. The largest absolute Gasteiger partial charge is 0.311 e. The summed E-state index contributed by atoms with van der Waals surface area (Å²) in [5, 5.41) is -0.599. The molecule has 15 heavy (non-hydrogen) atoms. The fourth-order valence-corrected chi connectivity index (χ4v) is 2.10. The molecule has 1 aromatic rings. The summed E-state index contributed by atoms with van der Waals surface area (Å²) in [6.07, 6.45) is 0. The average Bonchev–Trinajstić information content (AvgIpc) is 2.44. The number of benzene rings is 1. The van der Waals surface area contributed by atoms with Gasteiger partial charge in [-0.1, -0.05) is 11.6 Å². The second-order valence-corrected chi connectivity index (χ2v) is 4.48. The van der Waals surface area contributed by atoms with Crippen molar-refractivity contribution in [3.8, 4) is 0 Å². The number of nitrogens with zero attached hydrogens (tertiary/aromatic N) is 1. The van der Waals surface area contributed by atoms with Crippen LogP contribution >= 0.6 is 23.4 Å². The molecule has 2 N–H and O–H groups in total. The Morgan fingerprint density at radius 2 is 1.87 bits per heavy atom. The van der Waals surface area contributed by atoms with E-state index < -0.39 is 11.3 Å². The Balaban J connectivity index is 2.35. The van der Waals surface area contributed by atoms with Gasteiger partial charge in [0.1, 0.15) is 5.37 Å². The van der Waals surface area contributed by atoms with E-state index in [0.29, 0.717) is 10.7 Å². The lowest BCUT2D eigenvalue weighted by molar-refractivity contribution is -0.116. The number of rotatable bonds is 1. The first kappa shape index (κ1) is 10.5. The van der Waals surface area contributed by atoms with E-state index in [1.54, 1.807) is 24.3 Å². The van der Waals surface area contributed by atoms with Gasteiger partial charge in [-0.25, -0.2) is 4.90 Å². The number of halogens is 1. The standard InChI is InChI=1S/C9H7ClN2O2S/c10-5-1-3-6(4-2-5)12-8(13)7(11)15-9(12)14/h1-4,7H,11H2. The molecule has 0 radical (unpaired) electrons. The highest BCUT2D eigenvalue weighted by molar-refractivity contribution is 8.15. The average molecular weight is 243 g/mol. The van der Waals surface area contributed by atoms with Gasteiger partial charge in [0.25, 0.3) is 11.1 Å². The molecule has 1 heterocycles. The maximum absolute atomic E-state index is 11.5. The second kappa shape index (κ2) is 3.84. The van der Waals surface area contributed by atoms with E-state index in [0.717, 1.165) is 16.7 Å². The van der Waals surface area contributed by atoms with Crippen molar-refractivity contribution in [1.29, 1.82) is 0 Å². The zero-order chi connectivity index (χ0) is 11.0. The maximum Gasteiger partial charge on any atom is 0.294 e. The Morgan fingerprint density at radius 3 is 2.33 bits per heavy atom. The van der Waals surface area contributed by atoms with Gasteiger partial charge in [0.15, 0.2) is 0 Å². The summed E-state index contributed by atoms with van der Waals surface area (Å²) in [5.74, 6) is -0.396. The van der Waals surface area contributed by atoms with Crippen molar-refractivity contribution >= 4 is 40.2 Å². The Morgan fingerprint density at radius 1 is 1.27 bits per heavy atom. The van der Waals surface area contributed by atoms with Crippen molar-refractivity contribution in [2.45, 2.75) is 5.37 Å². The predicted molar refractivity (Wildman–Crippen MR) is 59.9 cm³/mol. The first-order chi connectivity index (χ1) is 7.09. The van der Waals surface area contributed by atoms with Gasteiger partial charge >= 0.3 is 0 Å². The van der Waals surface area contributed by atoms with Crippen molar-refractivity contribution in [2.24, 2.45) is 5.73 Å². The molecular formula is C9H7ClN2O2S. The molecule has 1 aliphatic rings. The summed E-state index contributed by atoms with van der Waals surface area (Å²) in [5.41, 5.74) is 5.95. The van der Waals surface area contributed by atoms with Gasteiger partial charge in [-0.15, -0.1) is 0 Å². The van der Waals surface area contributed by atoms with Crippen molar-refractivity contribution in [1.82, 2.24) is 0 Å². The number of imide groups is 1. The van der Waals surface area contributed by atoms with E-state index in [9.17, 15) is 9.59 Å². The molecule has 1 aliphatic heterocycles. The molecule has 78 valence electrons. The molecule has 1 unspecified atom stereocenters. The minimum absolute atomic E-state index is 0.352. The summed E-state index contributed by atoms with van der Waals surface area (Å²) in [6, 6.07) is 6.45. The lowest BCUT2D eigenvalue weighted by Gasteiger charge is -2.12. The van der Waals surface area contributed by atoms with Crippen LogP contribution in [0.3, 0.4) is 0 Å². The molecule has 1 aromatic carbocycles. The summed E-state index contributed by atoms with van der Waals surface area (Å²) in [7, 11) is 0. The van der Waals surface area contributed by atoms with Crippen LogP contribution in [0, 0.1) is 0 Å². The van der Waals surface area contributed by atoms with E-state index >= 15 is 0 Å². The topological polar surface area (TPSA) is 63.4 Å². The third kappa shape index (κ3) is 1.86. The van der Waals surface area contributed by atoms with Gasteiger partial charge in [0, 0.05) is 5.02 Å². The Hall–Kier alpha value is -1.04. The van der Waals surface area contributed by atoms with Crippen LogP contribution in [-0.2, 0) is 4.79 Å². The van der Waals surface area contributed by atoms with Crippen molar-refractivity contribution in [3.05, 3.63) is 29.3 Å². The highest BCUT2D eigenvalue weighted by atomic mass is 35.5. The lowest BCUT2D eigenvalue weighted by Crippen LogP contribution is -2.34. The van der Waals surface area contributed by atoms with E-state index in [2.05, 4.69) is 0 Å². The zero-order valence-electron chi connectivity index (χ0n) is 7.51. The van der Waals surface area contributed by atoms with Gasteiger partial charge in [-0.2, -0.15) is 0 Å². The molecule has 1 saturated heterocycles. The maximum atomic E-state index is 11.5. The molecule has 0 spiro atoms. The SMILES string of the molecule is NC1SC(=O)N(c2ccc(Cl)cc2)C1=O. The van der Waals surface area contributed by atoms with Gasteiger partial charge in [-0.3, -0.25) is 9.59 Å². The lowest BCUT2D eigenvalue weighted by atomic mass is 10.3. The molecule has 0 bridgehead atoms. The number of hydrogen-bond donors (Lipinski definition) is 1. The number of amides is 2. The highest BCUT2D eigenvalue weighted by Gasteiger charge is 2.38. The monoisotopic (exact) mass is 242 g/mol. The highest BCUT2D eigenvalue weighted by Crippen LogP contribution is 2.29. The number of nitrogens with two attached hydrogens (primary N) is 1. The summed E-state index contributed by atoms with van der Waals surface area (Å²) >= 11 is 6.52. The van der Waals surface area contributed by atoms with E-state index in [-0.39, 0.29) is 5.24 Å². The fourth-order valence-electron chi connectivity index (χ4n) is 1.25. The quantitative estimate of drug-likeness (QED) is 0.816. The van der Waals surface area contributed by atoms with Crippen LogP contribution < -0.4 is 10.6 Å². The molecule has 0 aromatic heterocycles.